The molecule has 2 nitrogen and oxygen atoms in total. The highest BCUT2D eigenvalue weighted by atomic mass is 16.5. The van der Waals surface area contributed by atoms with Gasteiger partial charge in [0.05, 0.1) is 7.11 Å². The summed E-state index contributed by atoms with van der Waals surface area (Å²) < 4.78 is 5.26. The Hall–Kier alpha value is -1.02. The zero-order valence-corrected chi connectivity index (χ0v) is 9.49. The molecule has 0 unspecified atom stereocenters. The predicted octanol–water partition coefficient (Wildman–Crippen LogP) is 2.41. The quantitative estimate of drug-likeness (QED) is 0.818. The molecule has 0 bridgehead atoms. The number of rotatable bonds is 3. The van der Waals surface area contributed by atoms with Crippen molar-refractivity contribution in [3.8, 4) is 5.75 Å². The van der Waals surface area contributed by atoms with E-state index in [1.807, 2.05) is 6.07 Å². The predicted molar refractivity (Wildman–Crippen MR) is 62.4 cm³/mol. The van der Waals surface area contributed by atoms with Crippen molar-refractivity contribution in [2.75, 3.05) is 20.2 Å². The van der Waals surface area contributed by atoms with E-state index < -0.39 is 0 Å². The Morgan fingerprint density at radius 2 is 2.27 bits per heavy atom. The normalized spacial score (nSPS) is 25.5. The van der Waals surface area contributed by atoms with Crippen LogP contribution in [-0.2, 0) is 0 Å². The molecular formula is C13H19NO. The van der Waals surface area contributed by atoms with E-state index in [2.05, 4.69) is 30.4 Å². The van der Waals surface area contributed by atoms with Gasteiger partial charge in [-0.1, -0.05) is 25.5 Å². The van der Waals surface area contributed by atoms with E-state index in [9.17, 15) is 0 Å². The Morgan fingerprint density at radius 3 is 3.00 bits per heavy atom. The molecule has 15 heavy (non-hydrogen) atoms. The molecule has 1 fully saturated rings. The number of nitrogens with one attached hydrogen (secondary N) is 1. The standard InChI is InChI=1S/C13H19NO/c1-3-10-8-14-9-13(10)11-5-4-6-12(7-11)15-2/h4-7,10,13-14H,3,8-9H2,1-2H3/t10-,13-/m0/s1. The van der Waals surface area contributed by atoms with Crippen molar-refractivity contribution >= 4 is 0 Å². The molecule has 0 radical (unpaired) electrons. The maximum absolute atomic E-state index is 5.26. The Kier molecular flexibility index (Phi) is 3.27. The van der Waals surface area contributed by atoms with Gasteiger partial charge in [0, 0.05) is 12.5 Å². The lowest BCUT2D eigenvalue weighted by Crippen LogP contribution is -2.09. The van der Waals surface area contributed by atoms with Crippen LogP contribution in [0.4, 0.5) is 0 Å². The molecular weight excluding hydrogens is 186 g/mol. The van der Waals surface area contributed by atoms with Crippen LogP contribution >= 0.6 is 0 Å². The molecule has 2 heteroatoms. The number of hydrogen-bond donors (Lipinski definition) is 1. The molecule has 1 aromatic carbocycles. The van der Waals surface area contributed by atoms with Gasteiger partial charge in [-0.2, -0.15) is 0 Å². The molecule has 1 aliphatic rings. The third-order valence-electron chi connectivity index (χ3n) is 3.39. The lowest BCUT2D eigenvalue weighted by molar-refractivity contribution is 0.412. The zero-order chi connectivity index (χ0) is 10.7. The third-order valence-corrected chi connectivity index (χ3v) is 3.39. The van der Waals surface area contributed by atoms with Crippen LogP contribution < -0.4 is 10.1 Å². The fraction of sp³-hybridized carbons (Fsp3) is 0.538. The summed E-state index contributed by atoms with van der Waals surface area (Å²) in [5.74, 6) is 2.40. The van der Waals surface area contributed by atoms with Crippen molar-refractivity contribution in [2.24, 2.45) is 5.92 Å². The minimum Gasteiger partial charge on any atom is -0.497 e. The van der Waals surface area contributed by atoms with Gasteiger partial charge in [0.15, 0.2) is 0 Å². The minimum atomic E-state index is 0.657. The van der Waals surface area contributed by atoms with Gasteiger partial charge in [-0.15, -0.1) is 0 Å². The summed E-state index contributed by atoms with van der Waals surface area (Å²) in [5.41, 5.74) is 1.41. The van der Waals surface area contributed by atoms with Gasteiger partial charge in [-0.3, -0.25) is 0 Å². The first-order valence-electron chi connectivity index (χ1n) is 5.69. The second kappa shape index (κ2) is 4.67. The van der Waals surface area contributed by atoms with Gasteiger partial charge in [0.2, 0.25) is 0 Å². The number of methoxy groups -OCH3 is 1. The summed E-state index contributed by atoms with van der Waals surface area (Å²) in [4.78, 5) is 0. The molecule has 0 saturated carbocycles. The molecule has 1 heterocycles. The molecule has 1 aliphatic heterocycles. The van der Waals surface area contributed by atoms with Crippen LogP contribution in [0.3, 0.4) is 0 Å². The lowest BCUT2D eigenvalue weighted by Gasteiger charge is -2.17. The smallest absolute Gasteiger partial charge is 0.119 e. The Balaban J connectivity index is 2.20. The van der Waals surface area contributed by atoms with Gasteiger partial charge in [-0.05, 0) is 30.2 Å². The van der Waals surface area contributed by atoms with Crippen molar-refractivity contribution in [3.05, 3.63) is 29.8 Å². The summed E-state index contributed by atoms with van der Waals surface area (Å²) in [6.45, 7) is 4.52. The van der Waals surface area contributed by atoms with Crippen LogP contribution in [-0.4, -0.2) is 20.2 Å². The molecule has 1 saturated heterocycles. The first-order chi connectivity index (χ1) is 7.35. The van der Waals surface area contributed by atoms with Gasteiger partial charge >= 0.3 is 0 Å². The summed E-state index contributed by atoms with van der Waals surface area (Å²) in [7, 11) is 1.73. The largest absolute Gasteiger partial charge is 0.497 e. The third kappa shape index (κ3) is 2.15. The maximum Gasteiger partial charge on any atom is 0.119 e. The number of ether oxygens (including phenoxy) is 1. The molecule has 0 spiro atoms. The zero-order valence-electron chi connectivity index (χ0n) is 9.49. The van der Waals surface area contributed by atoms with Crippen LogP contribution in [0, 0.1) is 5.92 Å². The van der Waals surface area contributed by atoms with Crippen molar-refractivity contribution in [3.63, 3.8) is 0 Å². The maximum atomic E-state index is 5.26. The van der Waals surface area contributed by atoms with Crippen molar-refractivity contribution in [1.29, 1.82) is 0 Å². The van der Waals surface area contributed by atoms with Gasteiger partial charge in [0.25, 0.3) is 0 Å². The van der Waals surface area contributed by atoms with E-state index >= 15 is 0 Å². The van der Waals surface area contributed by atoms with E-state index in [0.29, 0.717) is 5.92 Å². The summed E-state index contributed by atoms with van der Waals surface area (Å²) >= 11 is 0. The second-order valence-electron chi connectivity index (χ2n) is 4.21. The monoisotopic (exact) mass is 205 g/mol. The van der Waals surface area contributed by atoms with Crippen LogP contribution in [0.5, 0.6) is 5.75 Å². The first-order valence-corrected chi connectivity index (χ1v) is 5.69. The Labute approximate surface area is 91.6 Å². The highest BCUT2D eigenvalue weighted by Crippen LogP contribution is 2.31. The second-order valence-corrected chi connectivity index (χ2v) is 4.21. The van der Waals surface area contributed by atoms with Crippen LogP contribution in [0.25, 0.3) is 0 Å². The van der Waals surface area contributed by atoms with Gasteiger partial charge < -0.3 is 10.1 Å². The summed E-state index contributed by atoms with van der Waals surface area (Å²) in [6, 6.07) is 8.47. The molecule has 0 amide bonds. The van der Waals surface area contributed by atoms with E-state index in [1.165, 1.54) is 12.0 Å². The fourth-order valence-corrected chi connectivity index (χ4v) is 2.42. The molecule has 2 atom stereocenters. The molecule has 82 valence electrons. The van der Waals surface area contributed by atoms with Crippen molar-refractivity contribution in [1.82, 2.24) is 5.32 Å². The van der Waals surface area contributed by atoms with Crippen molar-refractivity contribution in [2.45, 2.75) is 19.3 Å². The molecule has 1 aromatic rings. The van der Waals surface area contributed by atoms with Crippen LogP contribution in [0.1, 0.15) is 24.8 Å². The van der Waals surface area contributed by atoms with Crippen molar-refractivity contribution < 1.29 is 4.74 Å². The van der Waals surface area contributed by atoms with Crippen LogP contribution in [0.2, 0.25) is 0 Å². The van der Waals surface area contributed by atoms with Gasteiger partial charge in [0.1, 0.15) is 5.75 Å². The molecule has 0 aromatic heterocycles. The SMILES string of the molecule is CC[C@H]1CNC[C@@H]1c1cccc(OC)c1. The Morgan fingerprint density at radius 1 is 1.40 bits per heavy atom. The molecule has 0 aliphatic carbocycles. The summed E-state index contributed by atoms with van der Waals surface area (Å²) in [6.07, 6.45) is 1.24. The number of hydrogen-bond acceptors (Lipinski definition) is 2. The highest BCUT2D eigenvalue weighted by Gasteiger charge is 2.26. The van der Waals surface area contributed by atoms with Gasteiger partial charge in [-0.25, -0.2) is 0 Å². The first kappa shape index (κ1) is 10.5. The molecule has 2 rings (SSSR count). The average Bonchev–Trinajstić information content (AvgIpc) is 2.77. The topological polar surface area (TPSA) is 21.3 Å². The van der Waals surface area contributed by atoms with E-state index in [0.717, 1.165) is 24.8 Å². The Bertz CT molecular complexity index is 324. The minimum absolute atomic E-state index is 0.657. The molecule has 1 N–H and O–H groups in total. The number of benzene rings is 1. The highest BCUT2D eigenvalue weighted by molar-refractivity contribution is 5.32. The van der Waals surface area contributed by atoms with Crippen LogP contribution in [0.15, 0.2) is 24.3 Å². The lowest BCUT2D eigenvalue weighted by atomic mass is 9.87. The van der Waals surface area contributed by atoms with E-state index in [-0.39, 0.29) is 0 Å². The average molecular weight is 205 g/mol. The van der Waals surface area contributed by atoms with E-state index in [1.54, 1.807) is 7.11 Å². The van der Waals surface area contributed by atoms with E-state index in [4.69, 9.17) is 4.74 Å². The summed E-state index contributed by atoms with van der Waals surface area (Å²) in [5, 5.41) is 3.47. The fourth-order valence-electron chi connectivity index (χ4n) is 2.42.